The lowest BCUT2D eigenvalue weighted by atomic mass is 10.2. The maximum atomic E-state index is 13.1. The van der Waals surface area contributed by atoms with Crippen molar-refractivity contribution < 1.29 is 9.18 Å². The highest BCUT2D eigenvalue weighted by Crippen LogP contribution is 2.03. The van der Waals surface area contributed by atoms with Crippen LogP contribution >= 0.6 is 0 Å². The van der Waals surface area contributed by atoms with E-state index < -0.39 is 0 Å². The molecule has 1 aromatic carbocycles. The van der Waals surface area contributed by atoms with Gasteiger partial charge < -0.3 is 5.32 Å². The molecular formula is C14H14FNO. The Morgan fingerprint density at radius 2 is 2.24 bits per heavy atom. The van der Waals surface area contributed by atoms with Gasteiger partial charge in [0.25, 0.3) is 0 Å². The number of halogens is 1. The average molecular weight is 231 g/mol. The molecule has 0 bridgehead atoms. The van der Waals surface area contributed by atoms with Crippen LogP contribution in [0.15, 0.2) is 36.9 Å². The third-order valence-electron chi connectivity index (χ3n) is 2.05. The molecule has 1 N–H and O–H groups in total. The van der Waals surface area contributed by atoms with Gasteiger partial charge in [0.15, 0.2) is 0 Å². The Kier molecular flexibility index (Phi) is 5.53. The number of rotatable bonds is 4. The van der Waals surface area contributed by atoms with Crippen molar-refractivity contribution in [2.45, 2.75) is 12.8 Å². The van der Waals surface area contributed by atoms with E-state index >= 15 is 0 Å². The van der Waals surface area contributed by atoms with E-state index in [-0.39, 0.29) is 18.3 Å². The third kappa shape index (κ3) is 4.98. The van der Waals surface area contributed by atoms with E-state index in [0.717, 1.165) is 0 Å². The Labute approximate surface area is 101 Å². The van der Waals surface area contributed by atoms with Crippen LogP contribution in [0.1, 0.15) is 18.4 Å². The largest absolute Gasteiger partial charge is 0.345 e. The lowest BCUT2D eigenvalue weighted by molar-refractivity contribution is -0.120. The molecule has 0 atom stereocenters. The van der Waals surface area contributed by atoms with Crippen LogP contribution < -0.4 is 5.32 Å². The van der Waals surface area contributed by atoms with E-state index in [1.165, 1.54) is 6.07 Å². The fourth-order valence-electron chi connectivity index (χ4n) is 1.17. The highest BCUT2D eigenvalue weighted by molar-refractivity contribution is 5.76. The zero-order chi connectivity index (χ0) is 12.5. The fourth-order valence-corrected chi connectivity index (χ4v) is 1.17. The molecule has 0 spiro atoms. The molecule has 0 saturated carbocycles. The molecule has 1 amide bonds. The van der Waals surface area contributed by atoms with Crippen LogP contribution in [0.3, 0.4) is 0 Å². The molecule has 0 aliphatic rings. The molecule has 0 fully saturated rings. The van der Waals surface area contributed by atoms with Gasteiger partial charge in [0.05, 0.1) is 12.1 Å². The molecule has 0 aliphatic carbocycles. The second kappa shape index (κ2) is 7.24. The average Bonchev–Trinajstić information content (AvgIpc) is 2.34. The summed E-state index contributed by atoms with van der Waals surface area (Å²) in [6, 6.07) is 6.28. The molecular weight excluding hydrogens is 217 g/mol. The maximum Gasteiger partial charge on any atom is 0.221 e. The first-order chi connectivity index (χ1) is 8.24. The second-order valence-electron chi connectivity index (χ2n) is 3.39. The van der Waals surface area contributed by atoms with Crippen molar-refractivity contribution in [3.8, 4) is 11.8 Å². The van der Waals surface area contributed by atoms with Crippen LogP contribution in [0.2, 0.25) is 0 Å². The summed E-state index contributed by atoms with van der Waals surface area (Å²) in [5, 5.41) is 2.62. The van der Waals surface area contributed by atoms with E-state index in [1.807, 2.05) is 0 Å². The number of hydrogen-bond acceptors (Lipinski definition) is 1. The molecule has 0 aromatic heterocycles. The summed E-state index contributed by atoms with van der Waals surface area (Å²) in [6.07, 6.45) is 2.74. The topological polar surface area (TPSA) is 29.1 Å². The van der Waals surface area contributed by atoms with E-state index in [1.54, 1.807) is 24.3 Å². The molecule has 0 saturated heterocycles. The van der Waals surface area contributed by atoms with Gasteiger partial charge in [-0.15, -0.1) is 6.58 Å². The standard InChI is InChI=1S/C14H14FNO/c1-2-3-10-14(17)16-11-6-8-12-7-4-5-9-13(12)15/h2,4-5,7,9H,1,3,10-11H2,(H,16,17). The predicted molar refractivity (Wildman–Crippen MR) is 65.7 cm³/mol. The van der Waals surface area contributed by atoms with Gasteiger partial charge in [0.1, 0.15) is 5.82 Å². The molecule has 0 aliphatic heterocycles. The number of amides is 1. The summed E-state index contributed by atoms with van der Waals surface area (Å²) in [5.74, 6) is 4.94. The van der Waals surface area contributed by atoms with E-state index in [2.05, 4.69) is 23.7 Å². The normalized spacial score (nSPS) is 9.00. The van der Waals surface area contributed by atoms with Crippen LogP contribution in [0.25, 0.3) is 0 Å². The van der Waals surface area contributed by atoms with Gasteiger partial charge in [-0.25, -0.2) is 4.39 Å². The molecule has 88 valence electrons. The summed E-state index contributed by atoms with van der Waals surface area (Å²) < 4.78 is 13.1. The highest BCUT2D eigenvalue weighted by atomic mass is 19.1. The monoisotopic (exact) mass is 231 g/mol. The number of allylic oxidation sites excluding steroid dienone is 1. The van der Waals surface area contributed by atoms with Gasteiger partial charge in [-0.2, -0.15) is 0 Å². The number of nitrogens with one attached hydrogen (secondary N) is 1. The van der Waals surface area contributed by atoms with Crippen molar-refractivity contribution in [1.29, 1.82) is 0 Å². The van der Waals surface area contributed by atoms with Gasteiger partial charge in [0.2, 0.25) is 5.91 Å². The van der Waals surface area contributed by atoms with Gasteiger partial charge in [-0.3, -0.25) is 4.79 Å². The molecule has 0 radical (unpaired) electrons. The number of hydrogen-bond donors (Lipinski definition) is 1. The van der Waals surface area contributed by atoms with Crippen LogP contribution in [-0.4, -0.2) is 12.5 Å². The number of benzene rings is 1. The second-order valence-corrected chi connectivity index (χ2v) is 3.39. The minimum absolute atomic E-state index is 0.0762. The van der Waals surface area contributed by atoms with Gasteiger partial charge in [-0.1, -0.05) is 30.0 Å². The first-order valence-electron chi connectivity index (χ1n) is 5.35. The van der Waals surface area contributed by atoms with E-state index in [4.69, 9.17) is 0 Å². The van der Waals surface area contributed by atoms with Gasteiger partial charge in [0, 0.05) is 6.42 Å². The molecule has 1 rings (SSSR count). The minimum Gasteiger partial charge on any atom is -0.345 e. The summed E-state index contributed by atoms with van der Waals surface area (Å²) in [7, 11) is 0. The first kappa shape index (κ1) is 13.0. The maximum absolute atomic E-state index is 13.1. The number of carbonyl (C=O) groups is 1. The lowest BCUT2D eigenvalue weighted by Crippen LogP contribution is -2.22. The SMILES string of the molecule is C=CCCC(=O)NCC#Cc1ccccc1F. The Bertz CT molecular complexity index is 457. The molecule has 3 heteroatoms. The Hall–Kier alpha value is -2.08. The van der Waals surface area contributed by atoms with Gasteiger partial charge >= 0.3 is 0 Å². The van der Waals surface area contributed by atoms with E-state index in [0.29, 0.717) is 18.4 Å². The minimum atomic E-state index is -0.349. The molecule has 0 unspecified atom stereocenters. The van der Waals surface area contributed by atoms with Crippen LogP contribution in [0.4, 0.5) is 4.39 Å². The van der Waals surface area contributed by atoms with Crippen LogP contribution in [0, 0.1) is 17.7 Å². The Morgan fingerprint density at radius 3 is 2.94 bits per heavy atom. The highest BCUT2D eigenvalue weighted by Gasteiger charge is 1.97. The smallest absolute Gasteiger partial charge is 0.221 e. The summed E-state index contributed by atoms with van der Waals surface area (Å²) in [6.45, 7) is 3.76. The van der Waals surface area contributed by atoms with Gasteiger partial charge in [-0.05, 0) is 18.6 Å². The van der Waals surface area contributed by atoms with Crippen molar-refractivity contribution >= 4 is 5.91 Å². The summed E-state index contributed by atoms with van der Waals surface area (Å²) >= 11 is 0. The number of carbonyl (C=O) groups excluding carboxylic acids is 1. The summed E-state index contributed by atoms with van der Waals surface area (Å²) in [4.78, 5) is 11.2. The zero-order valence-electron chi connectivity index (χ0n) is 9.50. The zero-order valence-corrected chi connectivity index (χ0v) is 9.50. The lowest BCUT2D eigenvalue weighted by Gasteiger charge is -1.97. The van der Waals surface area contributed by atoms with Crippen molar-refractivity contribution in [3.63, 3.8) is 0 Å². The van der Waals surface area contributed by atoms with Crippen molar-refractivity contribution in [2.75, 3.05) is 6.54 Å². The van der Waals surface area contributed by atoms with Crippen LogP contribution in [-0.2, 0) is 4.79 Å². The molecule has 0 heterocycles. The Balaban J connectivity index is 2.39. The predicted octanol–water partition coefficient (Wildman–Crippen LogP) is 2.26. The molecule has 1 aromatic rings. The first-order valence-corrected chi connectivity index (χ1v) is 5.35. The van der Waals surface area contributed by atoms with Crippen LogP contribution in [0.5, 0.6) is 0 Å². The van der Waals surface area contributed by atoms with E-state index in [9.17, 15) is 9.18 Å². The Morgan fingerprint density at radius 1 is 1.47 bits per heavy atom. The quantitative estimate of drug-likeness (QED) is 0.625. The molecule has 17 heavy (non-hydrogen) atoms. The third-order valence-corrected chi connectivity index (χ3v) is 2.05. The van der Waals surface area contributed by atoms with Crippen molar-refractivity contribution in [1.82, 2.24) is 5.32 Å². The van der Waals surface area contributed by atoms with Crippen molar-refractivity contribution in [2.24, 2.45) is 0 Å². The summed E-state index contributed by atoms with van der Waals surface area (Å²) in [5.41, 5.74) is 0.341. The fraction of sp³-hybridized carbons (Fsp3) is 0.214. The molecule has 2 nitrogen and oxygen atoms in total. The van der Waals surface area contributed by atoms with Crippen molar-refractivity contribution in [3.05, 3.63) is 48.3 Å².